The number of alkyl halides is 6. The fraction of sp³-hybridized carbons (Fsp3) is 0.0645. The summed E-state index contributed by atoms with van der Waals surface area (Å²) >= 11 is 0. The van der Waals surface area contributed by atoms with Crippen LogP contribution in [0.4, 0.5) is 61.5 Å². The van der Waals surface area contributed by atoms with Crippen LogP contribution in [-0.2, 0) is 12.4 Å². The third-order valence-corrected chi connectivity index (χ3v) is 6.91. The summed E-state index contributed by atoms with van der Waals surface area (Å²) in [6, 6.07) is 8.94. The van der Waals surface area contributed by atoms with Crippen LogP contribution in [0.3, 0.4) is 0 Å². The molecule has 4 rings (SSSR count). The van der Waals surface area contributed by atoms with E-state index in [4.69, 9.17) is 0 Å². The minimum absolute atomic E-state index is 0.349. The van der Waals surface area contributed by atoms with Gasteiger partial charge in [0.25, 0.3) is 0 Å². The van der Waals surface area contributed by atoms with Gasteiger partial charge >= 0.3 is 12.4 Å². The lowest BCUT2D eigenvalue weighted by Crippen LogP contribution is -2.17. The molecule has 0 spiro atoms. The quantitative estimate of drug-likeness (QED) is 0.153. The van der Waals surface area contributed by atoms with Crippen molar-refractivity contribution in [2.24, 2.45) is 0 Å². The number of halogens is 14. The van der Waals surface area contributed by atoms with Crippen LogP contribution in [-0.4, -0.2) is 0 Å². The molecule has 0 radical (unpaired) electrons. The Morgan fingerprint density at radius 2 is 0.800 bits per heavy atom. The summed E-state index contributed by atoms with van der Waals surface area (Å²) in [5.41, 5.74) is -20.9. The molecule has 250 valence electrons. The second-order valence-corrected chi connectivity index (χ2v) is 9.58. The Hall–Kier alpha value is -6.65. The van der Waals surface area contributed by atoms with Crippen molar-refractivity contribution in [2.75, 3.05) is 0 Å². The van der Waals surface area contributed by atoms with E-state index < -0.39 is 126 Å². The van der Waals surface area contributed by atoms with Gasteiger partial charge in [0.15, 0.2) is 46.5 Å². The average molecular weight is 711 g/mol. The van der Waals surface area contributed by atoms with Crippen LogP contribution >= 0.6 is 0 Å². The molecule has 5 nitrogen and oxygen atoms in total. The van der Waals surface area contributed by atoms with E-state index in [2.05, 4.69) is 0 Å². The minimum Gasteiger partial charge on any atom is -0.203 e. The van der Waals surface area contributed by atoms with Gasteiger partial charge in [-0.1, -0.05) is 0 Å². The summed E-state index contributed by atoms with van der Waals surface area (Å²) in [7, 11) is 0. The van der Waals surface area contributed by atoms with Gasteiger partial charge in [-0.25, -0.2) is 35.1 Å². The molecule has 1 aliphatic rings. The van der Waals surface area contributed by atoms with Crippen molar-refractivity contribution in [3.63, 3.8) is 0 Å². The third kappa shape index (κ3) is 5.53. The van der Waals surface area contributed by atoms with Crippen molar-refractivity contribution < 1.29 is 61.5 Å². The topological polar surface area (TPSA) is 119 Å². The molecule has 19 heteroatoms. The van der Waals surface area contributed by atoms with Crippen molar-refractivity contribution in [2.45, 2.75) is 12.4 Å². The van der Waals surface area contributed by atoms with Crippen LogP contribution in [0.2, 0.25) is 0 Å². The van der Waals surface area contributed by atoms with Crippen molar-refractivity contribution in [1.29, 1.82) is 26.3 Å². The summed E-state index contributed by atoms with van der Waals surface area (Å²) in [6.45, 7) is 0. The molecule has 0 saturated heterocycles. The van der Waals surface area contributed by atoms with Crippen molar-refractivity contribution in [3.05, 3.63) is 120 Å². The molecule has 0 aromatic heterocycles. The van der Waals surface area contributed by atoms with Crippen LogP contribution in [0.5, 0.6) is 0 Å². The summed E-state index contributed by atoms with van der Waals surface area (Å²) in [6.07, 6.45) is -12.2. The Bertz CT molecular complexity index is 2200. The molecule has 0 N–H and O–H groups in total. The van der Waals surface area contributed by atoms with Crippen molar-refractivity contribution >= 4 is 16.7 Å². The second-order valence-electron chi connectivity index (χ2n) is 9.58. The molecule has 3 aromatic rings. The van der Waals surface area contributed by atoms with Crippen molar-refractivity contribution in [3.8, 4) is 30.3 Å². The largest absolute Gasteiger partial charge is 0.422 e. The van der Waals surface area contributed by atoms with E-state index in [-0.39, 0.29) is 5.56 Å². The minimum atomic E-state index is -6.09. The van der Waals surface area contributed by atoms with E-state index in [9.17, 15) is 70.2 Å². The number of nitrogens with zero attached hydrogens (tertiary/aromatic N) is 5. The lowest BCUT2D eigenvalue weighted by molar-refractivity contribution is -0.144. The van der Waals surface area contributed by atoms with Gasteiger partial charge in [-0.05, 0) is 18.2 Å². The number of nitriles is 5. The average Bonchev–Trinajstić information content (AvgIpc) is 3.75. The lowest BCUT2D eigenvalue weighted by atomic mass is 9.96. The molecule has 0 heterocycles. The summed E-state index contributed by atoms with van der Waals surface area (Å²) < 4.78 is 198. The summed E-state index contributed by atoms with van der Waals surface area (Å²) in [4.78, 5) is 0. The number of benzene rings is 3. The molecule has 0 bridgehead atoms. The van der Waals surface area contributed by atoms with Gasteiger partial charge in [-0.2, -0.15) is 52.7 Å². The molecule has 1 aliphatic carbocycles. The van der Waals surface area contributed by atoms with E-state index in [1.807, 2.05) is 0 Å². The van der Waals surface area contributed by atoms with Crippen molar-refractivity contribution in [1.82, 2.24) is 0 Å². The first-order chi connectivity index (χ1) is 23.2. The standard InChI is InChI=1S/C31H3F14N5/c32-22-18(23(33)27(37)20(26(22)36)30(40,41)42)13(7-49)16-15(12(6-48)11-3-9(4-46)1-2-10(11)5-47)17(16)14(8-50)19-24(34)28(38)21(31(43,44)45)29(39)25(19)35/h1-3H/b15-12?,16-13-,17-14+. The molecule has 1 fully saturated rings. The first-order valence-electron chi connectivity index (χ1n) is 12.5. The van der Waals surface area contributed by atoms with Gasteiger partial charge < -0.3 is 0 Å². The highest BCUT2D eigenvalue weighted by atomic mass is 19.4. The molecule has 3 aromatic carbocycles. The zero-order chi connectivity index (χ0) is 37.8. The Morgan fingerprint density at radius 3 is 1.08 bits per heavy atom. The van der Waals surface area contributed by atoms with Crippen LogP contribution in [0.1, 0.15) is 38.9 Å². The van der Waals surface area contributed by atoms with Gasteiger partial charge in [-0.15, -0.1) is 0 Å². The molecular weight excluding hydrogens is 708 g/mol. The molecule has 50 heavy (non-hydrogen) atoms. The highest BCUT2D eigenvalue weighted by molar-refractivity contribution is 6.12. The SMILES string of the molecule is N#CC(=C1C(=C(/C#N)c2c(F)c(F)c(C(F)(F)F)c(F)c2F)/C1=C(/C#N)c1c(F)c(F)c(C(F)(F)F)c(F)c1F)c1cc(C#N)ccc1C#N. The van der Waals surface area contributed by atoms with Gasteiger partial charge in [-0.3, -0.25) is 0 Å². The number of allylic oxidation sites excluding steroid dienone is 6. The normalized spacial score (nSPS) is 15.6. The van der Waals surface area contributed by atoms with E-state index >= 15 is 17.6 Å². The maximum atomic E-state index is 15.1. The van der Waals surface area contributed by atoms with Gasteiger partial charge in [0.1, 0.15) is 29.3 Å². The Kier molecular flexibility index (Phi) is 8.99. The predicted molar refractivity (Wildman–Crippen MR) is 136 cm³/mol. The maximum Gasteiger partial charge on any atom is 0.422 e. The number of hydrogen-bond donors (Lipinski definition) is 0. The zero-order valence-electron chi connectivity index (χ0n) is 23.3. The van der Waals surface area contributed by atoms with E-state index in [0.29, 0.717) is 0 Å². The first-order valence-corrected chi connectivity index (χ1v) is 12.5. The number of hydrogen-bond acceptors (Lipinski definition) is 5. The van der Waals surface area contributed by atoms with E-state index in [1.165, 1.54) is 12.1 Å². The van der Waals surface area contributed by atoms with E-state index in [1.54, 1.807) is 6.07 Å². The zero-order valence-corrected chi connectivity index (χ0v) is 23.3. The Morgan fingerprint density at radius 1 is 0.460 bits per heavy atom. The monoisotopic (exact) mass is 711 g/mol. The highest BCUT2D eigenvalue weighted by Crippen LogP contribution is 2.57. The Labute approximate surface area is 267 Å². The smallest absolute Gasteiger partial charge is 0.203 e. The van der Waals surface area contributed by atoms with Gasteiger partial charge in [0, 0.05) is 22.3 Å². The Balaban J connectivity index is 2.34. The highest BCUT2D eigenvalue weighted by Gasteiger charge is 2.48. The molecule has 1 saturated carbocycles. The maximum absolute atomic E-state index is 15.1. The first kappa shape index (κ1) is 36.2. The molecule has 0 amide bonds. The number of rotatable bonds is 3. The molecule has 0 unspecified atom stereocenters. The molecule has 0 atom stereocenters. The lowest BCUT2D eigenvalue weighted by Gasteiger charge is -2.14. The summed E-state index contributed by atoms with van der Waals surface area (Å²) in [5, 5.41) is 48.5. The predicted octanol–water partition coefficient (Wildman–Crippen LogP) is 8.83. The molecule has 0 aliphatic heterocycles. The van der Waals surface area contributed by atoms with Crippen LogP contribution in [0, 0.1) is 103 Å². The summed E-state index contributed by atoms with van der Waals surface area (Å²) in [5.74, 6) is -24.2. The van der Waals surface area contributed by atoms with Crippen LogP contribution in [0.15, 0.2) is 34.9 Å². The molecular formula is C31H3F14N5. The fourth-order valence-electron chi connectivity index (χ4n) is 4.78. The van der Waals surface area contributed by atoms with E-state index in [0.717, 1.165) is 30.3 Å². The second kappa shape index (κ2) is 12.4. The third-order valence-electron chi connectivity index (χ3n) is 6.91. The van der Waals surface area contributed by atoms with Crippen LogP contribution < -0.4 is 0 Å². The van der Waals surface area contributed by atoms with Gasteiger partial charge in [0.05, 0.1) is 51.1 Å². The van der Waals surface area contributed by atoms with Gasteiger partial charge in [0.2, 0.25) is 0 Å². The van der Waals surface area contributed by atoms with Crippen LogP contribution in [0.25, 0.3) is 16.7 Å². The fourth-order valence-corrected chi connectivity index (χ4v) is 4.78.